The number of aliphatic hydroxyl groups excluding tert-OH is 1. The van der Waals surface area contributed by atoms with Crippen molar-refractivity contribution in [3.63, 3.8) is 0 Å². The van der Waals surface area contributed by atoms with Crippen LogP contribution in [0.1, 0.15) is 48.0 Å². The summed E-state index contributed by atoms with van der Waals surface area (Å²) in [6.07, 6.45) is 4.72. The molecule has 0 radical (unpaired) electrons. The summed E-state index contributed by atoms with van der Waals surface area (Å²) in [5.74, 6) is 0.398. The van der Waals surface area contributed by atoms with Gasteiger partial charge in [-0.25, -0.2) is 0 Å². The fourth-order valence-corrected chi connectivity index (χ4v) is 2.30. The molecule has 1 atom stereocenters. The summed E-state index contributed by atoms with van der Waals surface area (Å²) in [7, 11) is 1.75. The van der Waals surface area contributed by atoms with E-state index in [4.69, 9.17) is 4.74 Å². The van der Waals surface area contributed by atoms with Crippen molar-refractivity contribution in [1.82, 2.24) is 0 Å². The van der Waals surface area contributed by atoms with E-state index in [2.05, 4.69) is 47.6 Å². The summed E-state index contributed by atoms with van der Waals surface area (Å²) >= 11 is 0. The second-order valence-corrected chi connectivity index (χ2v) is 6.95. The van der Waals surface area contributed by atoms with Crippen molar-refractivity contribution in [2.24, 2.45) is 10.8 Å². The Balaban J connectivity index is 3.29. The highest BCUT2D eigenvalue weighted by Gasteiger charge is 2.43. The molecule has 17 heavy (non-hydrogen) atoms. The monoisotopic (exact) mass is 238 g/mol. The van der Waals surface area contributed by atoms with E-state index in [1.807, 2.05) is 6.08 Å². The molecule has 1 rings (SSSR count). The average molecular weight is 238 g/mol. The fourth-order valence-electron chi connectivity index (χ4n) is 2.30. The van der Waals surface area contributed by atoms with Crippen molar-refractivity contribution in [3.8, 4) is 0 Å². The number of rotatable bonds is 1. The minimum absolute atomic E-state index is 0.00451. The van der Waals surface area contributed by atoms with E-state index in [1.54, 1.807) is 7.11 Å². The molecule has 0 bridgehead atoms. The highest BCUT2D eigenvalue weighted by molar-refractivity contribution is 5.38. The standard InChI is InChI=1S/C15H26O2/c1-13(2,3)11-10-15(17-7,14(4,5)6)9-8-12(11)16/h8,10,16H,9H2,1-7H3. The number of methoxy groups -OCH3 is 1. The van der Waals surface area contributed by atoms with E-state index in [0.29, 0.717) is 5.76 Å². The molecule has 2 heteroatoms. The van der Waals surface area contributed by atoms with Gasteiger partial charge in [-0.3, -0.25) is 0 Å². The summed E-state index contributed by atoms with van der Waals surface area (Å²) in [6, 6.07) is 0. The van der Waals surface area contributed by atoms with Crippen LogP contribution in [0.15, 0.2) is 23.5 Å². The van der Waals surface area contributed by atoms with Gasteiger partial charge in [0, 0.05) is 13.5 Å². The van der Waals surface area contributed by atoms with Crippen LogP contribution in [0.3, 0.4) is 0 Å². The van der Waals surface area contributed by atoms with E-state index in [-0.39, 0.29) is 16.4 Å². The molecule has 0 aliphatic heterocycles. The molecule has 1 N–H and O–H groups in total. The maximum atomic E-state index is 10.0. The highest BCUT2D eigenvalue weighted by atomic mass is 16.5. The smallest absolute Gasteiger partial charge is 0.115 e. The van der Waals surface area contributed by atoms with Crippen molar-refractivity contribution in [2.75, 3.05) is 7.11 Å². The third-order valence-electron chi connectivity index (χ3n) is 3.69. The molecule has 2 nitrogen and oxygen atoms in total. The third-order valence-corrected chi connectivity index (χ3v) is 3.69. The Morgan fingerprint density at radius 3 is 2.06 bits per heavy atom. The SMILES string of the molecule is COC1(C(C)(C)C)C=C(C(C)(C)C)C(O)=CC1. The van der Waals surface area contributed by atoms with Crippen molar-refractivity contribution in [1.29, 1.82) is 0 Å². The minimum atomic E-state index is -0.332. The minimum Gasteiger partial charge on any atom is -0.508 e. The predicted molar refractivity (Wildman–Crippen MR) is 72.1 cm³/mol. The predicted octanol–water partition coefficient (Wildman–Crippen LogP) is 4.24. The van der Waals surface area contributed by atoms with Crippen LogP contribution in [-0.2, 0) is 4.74 Å². The molecule has 0 aromatic rings. The number of hydrogen-bond donors (Lipinski definition) is 1. The highest BCUT2D eigenvalue weighted by Crippen LogP contribution is 2.45. The van der Waals surface area contributed by atoms with Crippen molar-refractivity contribution < 1.29 is 9.84 Å². The zero-order valence-electron chi connectivity index (χ0n) is 12.2. The van der Waals surface area contributed by atoms with E-state index in [1.165, 1.54) is 0 Å². The number of hydrogen-bond acceptors (Lipinski definition) is 2. The summed E-state index contributed by atoms with van der Waals surface area (Å²) in [5, 5.41) is 10.0. The Labute approximate surface area is 105 Å². The molecule has 0 amide bonds. The topological polar surface area (TPSA) is 29.5 Å². The van der Waals surface area contributed by atoms with Crippen LogP contribution in [0.5, 0.6) is 0 Å². The molecule has 0 fully saturated rings. The van der Waals surface area contributed by atoms with Crippen LogP contribution in [0, 0.1) is 10.8 Å². The van der Waals surface area contributed by atoms with E-state index < -0.39 is 0 Å². The molecule has 0 spiro atoms. The van der Waals surface area contributed by atoms with Crippen molar-refractivity contribution in [2.45, 2.75) is 53.6 Å². The molecule has 0 saturated heterocycles. The maximum absolute atomic E-state index is 10.0. The molecule has 1 aliphatic carbocycles. The first-order valence-corrected chi connectivity index (χ1v) is 6.21. The average Bonchev–Trinajstić information content (AvgIpc) is 2.15. The van der Waals surface area contributed by atoms with Gasteiger partial charge in [-0.1, -0.05) is 41.5 Å². The van der Waals surface area contributed by atoms with Crippen LogP contribution in [0.4, 0.5) is 0 Å². The van der Waals surface area contributed by atoms with Crippen molar-refractivity contribution >= 4 is 0 Å². The zero-order chi connectivity index (χ0) is 13.5. The molecule has 0 aromatic carbocycles. The van der Waals surface area contributed by atoms with Gasteiger partial charge in [0.1, 0.15) is 5.76 Å². The molecule has 0 saturated carbocycles. The normalized spacial score (nSPS) is 26.5. The molecule has 0 aromatic heterocycles. The van der Waals surface area contributed by atoms with Gasteiger partial charge in [-0.2, -0.15) is 0 Å². The van der Waals surface area contributed by atoms with Crippen LogP contribution in [0.2, 0.25) is 0 Å². The lowest BCUT2D eigenvalue weighted by Crippen LogP contribution is -2.44. The summed E-state index contributed by atoms with van der Waals surface area (Å²) in [4.78, 5) is 0. The molecule has 1 unspecified atom stereocenters. The maximum Gasteiger partial charge on any atom is 0.115 e. The zero-order valence-corrected chi connectivity index (χ0v) is 12.2. The largest absolute Gasteiger partial charge is 0.508 e. The quantitative estimate of drug-likeness (QED) is 0.740. The Hall–Kier alpha value is -0.760. The van der Waals surface area contributed by atoms with Gasteiger partial charge in [0.2, 0.25) is 0 Å². The Morgan fingerprint density at radius 2 is 1.71 bits per heavy atom. The fraction of sp³-hybridized carbons (Fsp3) is 0.733. The Morgan fingerprint density at radius 1 is 1.18 bits per heavy atom. The van der Waals surface area contributed by atoms with Gasteiger partial charge in [-0.15, -0.1) is 0 Å². The lowest BCUT2D eigenvalue weighted by Gasteiger charge is -2.44. The summed E-state index contributed by atoms with van der Waals surface area (Å²) in [5.41, 5.74) is 0.563. The third kappa shape index (κ3) is 2.57. The van der Waals surface area contributed by atoms with Crippen LogP contribution < -0.4 is 0 Å². The van der Waals surface area contributed by atoms with E-state index in [9.17, 15) is 5.11 Å². The number of ether oxygens (including phenoxy) is 1. The molecular weight excluding hydrogens is 212 g/mol. The van der Waals surface area contributed by atoms with Gasteiger partial charge in [0.15, 0.2) is 0 Å². The van der Waals surface area contributed by atoms with Crippen LogP contribution >= 0.6 is 0 Å². The van der Waals surface area contributed by atoms with Crippen molar-refractivity contribution in [3.05, 3.63) is 23.5 Å². The first-order valence-electron chi connectivity index (χ1n) is 6.21. The van der Waals surface area contributed by atoms with E-state index in [0.717, 1.165) is 12.0 Å². The van der Waals surface area contributed by atoms with Gasteiger partial charge < -0.3 is 9.84 Å². The van der Waals surface area contributed by atoms with Gasteiger partial charge in [0.05, 0.1) is 5.60 Å². The first kappa shape index (κ1) is 14.3. The molecule has 0 heterocycles. The second-order valence-electron chi connectivity index (χ2n) is 6.95. The molecular formula is C15H26O2. The molecule has 1 aliphatic rings. The summed E-state index contributed by atoms with van der Waals surface area (Å²) in [6.45, 7) is 12.8. The first-order chi connectivity index (χ1) is 7.53. The van der Waals surface area contributed by atoms with E-state index >= 15 is 0 Å². The lowest BCUT2D eigenvalue weighted by molar-refractivity contribution is -0.0534. The Bertz CT molecular complexity index is 350. The molecule has 98 valence electrons. The van der Waals surface area contributed by atoms with Crippen LogP contribution in [0.25, 0.3) is 0 Å². The second kappa shape index (κ2) is 4.16. The van der Waals surface area contributed by atoms with Gasteiger partial charge >= 0.3 is 0 Å². The number of allylic oxidation sites excluding steroid dienone is 1. The van der Waals surface area contributed by atoms with Crippen LogP contribution in [-0.4, -0.2) is 17.8 Å². The van der Waals surface area contributed by atoms with Gasteiger partial charge in [-0.05, 0) is 28.6 Å². The lowest BCUT2D eigenvalue weighted by atomic mass is 9.68. The van der Waals surface area contributed by atoms with Gasteiger partial charge in [0.25, 0.3) is 0 Å². The number of aliphatic hydroxyl groups is 1. The summed E-state index contributed by atoms with van der Waals surface area (Å²) < 4.78 is 5.78. The Kier molecular flexibility index (Phi) is 3.50.